The summed E-state index contributed by atoms with van der Waals surface area (Å²) in [4.78, 5) is 1.95. The average molecular weight is 957 g/mol. The maximum absolute atomic E-state index is 10.6. The number of nitriles is 2. The predicted molar refractivity (Wildman–Crippen MR) is 257 cm³/mol. The molecule has 0 N–H and O–H groups in total. The summed E-state index contributed by atoms with van der Waals surface area (Å²) in [5.74, 6) is 0. The number of thiophene rings is 2. The van der Waals surface area contributed by atoms with Crippen molar-refractivity contribution in [3.63, 3.8) is 0 Å². The monoisotopic (exact) mass is 954 g/mol. The van der Waals surface area contributed by atoms with Crippen molar-refractivity contribution in [2.75, 3.05) is 0 Å². The van der Waals surface area contributed by atoms with E-state index < -0.39 is 0 Å². The number of halogens is 2. The van der Waals surface area contributed by atoms with Crippen molar-refractivity contribution in [1.82, 2.24) is 8.75 Å². The smallest absolute Gasteiger partial charge is 0.115 e. The second kappa shape index (κ2) is 28.8. The van der Waals surface area contributed by atoms with Crippen molar-refractivity contribution in [2.24, 2.45) is 0 Å². The van der Waals surface area contributed by atoms with Gasteiger partial charge in [-0.2, -0.15) is 19.3 Å². The van der Waals surface area contributed by atoms with Crippen LogP contribution >= 0.6 is 66.3 Å². The first-order valence-corrected chi connectivity index (χ1v) is 26.7. The summed E-state index contributed by atoms with van der Waals surface area (Å²) in [6, 6.07) is 9.29. The number of nitrogens with zero attached hydrogens (tertiary/aromatic N) is 4. The van der Waals surface area contributed by atoms with Crippen LogP contribution in [0.1, 0.15) is 216 Å². The van der Waals surface area contributed by atoms with Crippen LogP contribution in [0.3, 0.4) is 0 Å². The summed E-state index contributed by atoms with van der Waals surface area (Å²) in [6.07, 6.45) is 39.9. The van der Waals surface area contributed by atoms with Crippen molar-refractivity contribution in [2.45, 2.75) is 206 Å². The highest BCUT2D eigenvalue weighted by Gasteiger charge is 2.27. The van der Waals surface area contributed by atoms with Gasteiger partial charge in [0, 0.05) is 20.9 Å². The fraction of sp³-hybridized carbons (Fsp3) is 0.667. The van der Waals surface area contributed by atoms with Crippen LogP contribution in [0.2, 0.25) is 0 Å². The molecule has 0 aliphatic carbocycles. The molecule has 0 radical (unpaired) electrons. The van der Waals surface area contributed by atoms with Crippen LogP contribution in [0.5, 0.6) is 0 Å². The third-order valence-electron chi connectivity index (χ3n) is 11.5. The molecule has 1 aromatic carbocycles. The van der Waals surface area contributed by atoms with Crippen LogP contribution in [0.25, 0.3) is 31.9 Å². The molecule has 312 valence electrons. The zero-order valence-corrected chi connectivity index (χ0v) is 40.8. The van der Waals surface area contributed by atoms with E-state index in [1.54, 1.807) is 22.7 Å². The van der Waals surface area contributed by atoms with Crippen molar-refractivity contribution < 1.29 is 0 Å². The Bertz CT molecular complexity index is 1680. The Labute approximate surface area is 375 Å². The number of benzene rings is 1. The van der Waals surface area contributed by atoms with Gasteiger partial charge in [0.15, 0.2) is 0 Å². The van der Waals surface area contributed by atoms with Crippen LogP contribution in [-0.2, 0) is 12.8 Å². The minimum Gasteiger partial charge on any atom is -0.192 e. The van der Waals surface area contributed by atoms with E-state index in [4.69, 9.17) is 8.75 Å². The van der Waals surface area contributed by atoms with Gasteiger partial charge in [0.05, 0.1) is 30.4 Å². The van der Waals surface area contributed by atoms with Crippen LogP contribution in [0.4, 0.5) is 0 Å². The van der Waals surface area contributed by atoms with Crippen LogP contribution in [0.15, 0.2) is 19.7 Å². The fourth-order valence-corrected chi connectivity index (χ4v) is 12.3. The minimum absolute atomic E-state index is 0.405. The van der Waals surface area contributed by atoms with Gasteiger partial charge in [-0.3, -0.25) is 0 Å². The number of hydrogen-bond donors (Lipinski definition) is 0. The van der Waals surface area contributed by atoms with Gasteiger partial charge in [0.25, 0.3) is 0 Å². The van der Waals surface area contributed by atoms with E-state index in [0.717, 1.165) is 76.9 Å². The van der Waals surface area contributed by atoms with E-state index >= 15 is 0 Å². The number of unbranched alkanes of at least 4 members (excludes halogenated alkanes) is 26. The lowest BCUT2D eigenvalue weighted by Gasteiger charge is -2.10. The van der Waals surface area contributed by atoms with Gasteiger partial charge in [-0.25, -0.2) is 0 Å². The van der Waals surface area contributed by atoms with Crippen molar-refractivity contribution in [3.05, 3.63) is 42.0 Å². The number of hydrogen-bond acceptors (Lipinski definition) is 7. The molecule has 0 fully saturated rings. The molecule has 0 spiro atoms. The minimum atomic E-state index is 0.405. The first-order valence-electron chi connectivity index (χ1n) is 22.7. The maximum atomic E-state index is 10.6. The van der Waals surface area contributed by atoms with Crippen LogP contribution < -0.4 is 0 Å². The molecule has 3 aromatic heterocycles. The van der Waals surface area contributed by atoms with Gasteiger partial charge in [0.1, 0.15) is 23.2 Å². The van der Waals surface area contributed by atoms with Gasteiger partial charge in [-0.1, -0.05) is 181 Å². The molecule has 0 bridgehead atoms. The topological polar surface area (TPSA) is 73.4 Å². The molecule has 57 heavy (non-hydrogen) atoms. The van der Waals surface area contributed by atoms with E-state index in [1.165, 1.54) is 178 Å². The largest absolute Gasteiger partial charge is 0.192 e. The molecule has 0 amide bonds. The van der Waals surface area contributed by atoms with E-state index in [1.807, 2.05) is 0 Å². The Morgan fingerprint density at radius 1 is 0.456 bits per heavy atom. The SMILES string of the molecule is CCCCCCCCCCCCCCCCc1cc(-c2c(C#N)c(C#N)c(-c3cc(CCCCCCCCCCCCCCCC)c(Br)s3)c3nsnc23)sc1Br. The molecule has 0 aliphatic heterocycles. The Morgan fingerprint density at radius 2 is 0.737 bits per heavy atom. The zero-order chi connectivity index (χ0) is 40.5. The third-order valence-corrected chi connectivity index (χ3v) is 16.0. The first kappa shape index (κ1) is 48.1. The molecule has 4 rings (SSSR count). The molecular formula is C48H68Br2N4S3. The van der Waals surface area contributed by atoms with E-state index in [2.05, 4.69) is 70.0 Å². The lowest BCUT2D eigenvalue weighted by Crippen LogP contribution is -1.95. The molecule has 3 heterocycles. The van der Waals surface area contributed by atoms with Crippen molar-refractivity contribution in [3.8, 4) is 33.0 Å². The number of aryl methyl sites for hydroxylation is 2. The molecule has 9 heteroatoms. The molecule has 0 unspecified atom stereocenters. The molecule has 0 saturated heterocycles. The highest BCUT2D eigenvalue weighted by Crippen LogP contribution is 2.47. The summed E-state index contributed by atoms with van der Waals surface area (Å²) in [5.41, 5.74) is 6.29. The van der Waals surface area contributed by atoms with Gasteiger partial charge in [-0.05, 0) is 80.8 Å². The van der Waals surface area contributed by atoms with E-state index in [-0.39, 0.29) is 0 Å². The Kier molecular flexibility index (Phi) is 24.3. The van der Waals surface area contributed by atoms with Crippen LogP contribution in [-0.4, -0.2) is 8.75 Å². The molecule has 0 saturated carbocycles. The third kappa shape index (κ3) is 16.1. The van der Waals surface area contributed by atoms with E-state index in [9.17, 15) is 10.5 Å². The molecule has 0 atom stereocenters. The summed E-state index contributed by atoms with van der Waals surface area (Å²) in [5, 5.41) is 21.2. The Balaban J connectivity index is 1.27. The average Bonchev–Trinajstić information content (AvgIpc) is 3.95. The maximum Gasteiger partial charge on any atom is 0.115 e. The number of fused-ring (bicyclic) bond motifs is 1. The first-order chi connectivity index (χ1) is 28.0. The summed E-state index contributed by atoms with van der Waals surface area (Å²) < 4.78 is 11.7. The summed E-state index contributed by atoms with van der Waals surface area (Å²) in [7, 11) is 0. The molecule has 4 aromatic rings. The quantitative estimate of drug-likeness (QED) is 0.0457. The number of aromatic nitrogens is 2. The lowest BCUT2D eigenvalue weighted by atomic mass is 9.92. The second-order valence-corrected chi connectivity index (χ2v) is 21.5. The number of rotatable bonds is 32. The molecule has 4 nitrogen and oxygen atoms in total. The highest BCUT2D eigenvalue weighted by molar-refractivity contribution is 9.11. The van der Waals surface area contributed by atoms with Gasteiger partial charge >= 0.3 is 0 Å². The molecular weight excluding hydrogens is 889 g/mol. The fourth-order valence-electron chi connectivity index (χ4n) is 8.13. The Morgan fingerprint density at radius 3 is 1.02 bits per heavy atom. The van der Waals surface area contributed by atoms with Gasteiger partial charge in [-0.15, -0.1) is 22.7 Å². The summed E-state index contributed by atoms with van der Waals surface area (Å²) >= 11 is 12.1. The van der Waals surface area contributed by atoms with Crippen LogP contribution in [0, 0.1) is 22.7 Å². The van der Waals surface area contributed by atoms with Gasteiger partial charge in [0.2, 0.25) is 0 Å². The highest BCUT2D eigenvalue weighted by atomic mass is 79.9. The lowest BCUT2D eigenvalue weighted by molar-refractivity contribution is 0.535. The van der Waals surface area contributed by atoms with E-state index in [0.29, 0.717) is 11.1 Å². The second-order valence-electron chi connectivity index (χ2n) is 16.2. The predicted octanol–water partition coefficient (Wildman–Crippen LogP) is 18.5. The standard InChI is InChI=1S/C48H68Br2N4S3/c1-3-5-7-9-11-13-15-17-19-21-23-25-27-29-31-37-33-41(55-47(37)49)43-39(35-51)40(36-52)44(46-45(43)53-57-54-46)42-34-38(48(50)56-42)32-30-28-26-24-22-20-18-16-14-12-10-8-6-4-2/h33-34H,3-32H2,1-2H3. The zero-order valence-electron chi connectivity index (χ0n) is 35.1. The van der Waals surface area contributed by atoms with Crippen molar-refractivity contribution >= 4 is 77.3 Å². The normalized spacial score (nSPS) is 11.5. The Hall–Kier alpha value is -1.62. The van der Waals surface area contributed by atoms with Crippen molar-refractivity contribution in [1.29, 1.82) is 10.5 Å². The summed E-state index contributed by atoms with van der Waals surface area (Å²) in [6.45, 7) is 4.57. The molecule has 0 aliphatic rings. The van der Waals surface area contributed by atoms with Gasteiger partial charge < -0.3 is 0 Å².